The number of nitrogens with one attached hydrogen (secondary N) is 2. The van der Waals surface area contributed by atoms with E-state index in [1.54, 1.807) is 0 Å². The van der Waals surface area contributed by atoms with E-state index in [1.165, 1.54) is 0 Å². The lowest BCUT2D eigenvalue weighted by molar-refractivity contribution is -0.139. The van der Waals surface area contributed by atoms with Crippen molar-refractivity contribution in [1.29, 1.82) is 0 Å². The molecule has 6 nitrogen and oxygen atoms in total. The molecule has 0 radical (unpaired) electrons. The van der Waals surface area contributed by atoms with Gasteiger partial charge in [0.15, 0.2) is 0 Å². The summed E-state index contributed by atoms with van der Waals surface area (Å²) >= 11 is 0. The number of carboxylic acids is 1. The Morgan fingerprint density at radius 1 is 1.17 bits per heavy atom. The van der Waals surface area contributed by atoms with Gasteiger partial charge in [0.25, 0.3) is 0 Å². The van der Waals surface area contributed by atoms with E-state index >= 15 is 0 Å². The number of carbonyl (C=O) groups excluding carboxylic acids is 1. The molecule has 18 heavy (non-hydrogen) atoms. The molecular formula is C11H18N2O4S. The molecule has 2 aliphatic rings. The second kappa shape index (κ2) is 5.69. The Bertz CT molecular complexity index is 360. The van der Waals surface area contributed by atoms with Crippen LogP contribution >= 0.6 is 0 Å². The summed E-state index contributed by atoms with van der Waals surface area (Å²) in [6.45, 7) is 0. The zero-order valence-corrected chi connectivity index (χ0v) is 10.9. The van der Waals surface area contributed by atoms with Crippen molar-refractivity contribution in [2.45, 2.75) is 37.8 Å². The Morgan fingerprint density at radius 3 is 2.28 bits per heavy atom. The first-order valence-electron chi connectivity index (χ1n) is 6.21. The fourth-order valence-corrected chi connectivity index (χ4v) is 3.42. The number of urea groups is 1. The summed E-state index contributed by atoms with van der Waals surface area (Å²) in [6.07, 6.45) is 3.11. The Hall–Kier alpha value is -1.11. The van der Waals surface area contributed by atoms with Gasteiger partial charge in [-0.3, -0.25) is 4.21 Å². The van der Waals surface area contributed by atoms with Gasteiger partial charge < -0.3 is 15.7 Å². The van der Waals surface area contributed by atoms with Crippen molar-refractivity contribution >= 4 is 22.8 Å². The van der Waals surface area contributed by atoms with Crippen molar-refractivity contribution in [2.75, 3.05) is 11.5 Å². The van der Waals surface area contributed by atoms with Crippen LogP contribution in [0.1, 0.15) is 25.7 Å². The topological polar surface area (TPSA) is 95.5 Å². The van der Waals surface area contributed by atoms with E-state index in [2.05, 4.69) is 10.6 Å². The zero-order valence-electron chi connectivity index (χ0n) is 10.1. The highest BCUT2D eigenvalue weighted by Crippen LogP contribution is 2.32. The van der Waals surface area contributed by atoms with Gasteiger partial charge in [-0.2, -0.15) is 0 Å². The Morgan fingerprint density at radius 2 is 1.78 bits per heavy atom. The number of hydrogen-bond acceptors (Lipinski definition) is 3. The Kier molecular flexibility index (Phi) is 4.21. The molecule has 1 aliphatic heterocycles. The SMILES string of the molecule is O=C(NC1CCS(=O)CC1)NC(C(=O)O)C1CC1. The average Bonchev–Trinajstić information content (AvgIpc) is 3.13. The van der Waals surface area contributed by atoms with Crippen LogP contribution in [0.15, 0.2) is 0 Å². The number of aliphatic carboxylic acids is 1. The molecule has 1 unspecified atom stereocenters. The van der Waals surface area contributed by atoms with E-state index < -0.39 is 28.8 Å². The van der Waals surface area contributed by atoms with Gasteiger partial charge in [-0.1, -0.05) is 0 Å². The summed E-state index contributed by atoms with van der Waals surface area (Å²) in [5.74, 6) is 0.316. The lowest BCUT2D eigenvalue weighted by Crippen LogP contribution is -2.51. The van der Waals surface area contributed by atoms with E-state index in [-0.39, 0.29) is 12.0 Å². The van der Waals surface area contributed by atoms with Crippen molar-refractivity contribution in [3.63, 3.8) is 0 Å². The quantitative estimate of drug-likeness (QED) is 0.675. The Labute approximate surface area is 108 Å². The largest absolute Gasteiger partial charge is 0.480 e. The van der Waals surface area contributed by atoms with E-state index in [0.717, 1.165) is 12.8 Å². The summed E-state index contributed by atoms with van der Waals surface area (Å²) in [5, 5.41) is 14.3. The summed E-state index contributed by atoms with van der Waals surface area (Å²) < 4.78 is 11.2. The number of carbonyl (C=O) groups is 2. The first kappa shape index (κ1) is 13.3. The molecule has 0 aromatic heterocycles. The highest BCUT2D eigenvalue weighted by atomic mass is 32.2. The van der Waals surface area contributed by atoms with Gasteiger partial charge in [0.1, 0.15) is 6.04 Å². The molecule has 2 rings (SSSR count). The summed E-state index contributed by atoms with van der Waals surface area (Å²) in [7, 11) is -0.757. The third kappa shape index (κ3) is 3.69. The molecule has 0 aromatic carbocycles. The molecular weight excluding hydrogens is 256 g/mol. The van der Waals surface area contributed by atoms with Gasteiger partial charge in [0, 0.05) is 28.3 Å². The lowest BCUT2D eigenvalue weighted by Gasteiger charge is -2.23. The molecule has 2 amide bonds. The van der Waals surface area contributed by atoms with Crippen LogP contribution in [0.2, 0.25) is 0 Å². The second-order valence-corrected chi connectivity index (χ2v) is 6.59. The summed E-state index contributed by atoms with van der Waals surface area (Å²) in [6, 6.07) is -1.19. The number of carboxylic acid groups (broad SMARTS) is 1. The van der Waals surface area contributed by atoms with Gasteiger partial charge in [-0.05, 0) is 31.6 Å². The molecule has 1 saturated heterocycles. The average molecular weight is 274 g/mol. The predicted octanol–water partition coefficient (Wildman–Crippen LogP) is 0.0599. The maximum Gasteiger partial charge on any atom is 0.326 e. The van der Waals surface area contributed by atoms with Crippen LogP contribution in [-0.4, -0.2) is 44.9 Å². The zero-order chi connectivity index (χ0) is 13.1. The van der Waals surface area contributed by atoms with Crippen molar-refractivity contribution in [1.82, 2.24) is 10.6 Å². The molecule has 1 heterocycles. The molecule has 1 atom stereocenters. The van der Waals surface area contributed by atoms with Crippen molar-refractivity contribution < 1.29 is 18.9 Å². The molecule has 2 fully saturated rings. The van der Waals surface area contributed by atoms with Gasteiger partial charge in [-0.15, -0.1) is 0 Å². The van der Waals surface area contributed by atoms with Gasteiger partial charge >= 0.3 is 12.0 Å². The first-order chi connectivity index (χ1) is 8.56. The van der Waals surface area contributed by atoms with Crippen molar-refractivity contribution in [3.05, 3.63) is 0 Å². The van der Waals surface area contributed by atoms with Crippen LogP contribution in [0.5, 0.6) is 0 Å². The van der Waals surface area contributed by atoms with Crippen LogP contribution in [0.3, 0.4) is 0 Å². The van der Waals surface area contributed by atoms with E-state index in [1.807, 2.05) is 0 Å². The smallest absolute Gasteiger partial charge is 0.326 e. The minimum Gasteiger partial charge on any atom is -0.480 e. The maximum absolute atomic E-state index is 11.7. The fraction of sp³-hybridized carbons (Fsp3) is 0.818. The van der Waals surface area contributed by atoms with Crippen LogP contribution < -0.4 is 10.6 Å². The third-order valence-corrected chi connectivity index (χ3v) is 4.75. The molecule has 102 valence electrons. The number of hydrogen-bond donors (Lipinski definition) is 3. The van der Waals surface area contributed by atoms with Gasteiger partial charge in [-0.25, -0.2) is 9.59 Å². The maximum atomic E-state index is 11.7. The molecule has 7 heteroatoms. The number of amides is 2. The van der Waals surface area contributed by atoms with Crippen LogP contribution in [0.4, 0.5) is 4.79 Å². The predicted molar refractivity (Wildman–Crippen MR) is 66.7 cm³/mol. The highest BCUT2D eigenvalue weighted by molar-refractivity contribution is 7.85. The molecule has 1 aliphatic carbocycles. The minimum absolute atomic E-state index is 0.0105. The first-order valence-corrected chi connectivity index (χ1v) is 7.70. The van der Waals surface area contributed by atoms with E-state index in [0.29, 0.717) is 24.3 Å². The van der Waals surface area contributed by atoms with E-state index in [9.17, 15) is 13.8 Å². The van der Waals surface area contributed by atoms with E-state index in [4.69, 9.17) is 5.11 Å². The molecule has 0 spiro atoms. The monoisotopic (exact) mass is 274 g/mol. The fourth-order valence-electron chi connectivity index (χ4n) is 2.12. The standard InChI is InChI=1S/C11H18N2O4S/c14-10(15)9(7-1-2-7)13-11(16)12-8-3-5-18(17)6-4-8/h7-9H,1-6H2,(H,14,15)(H2,12,13,16). The summed E-state index contributed by atoms with van der Waals surface area (Å²) in [5.41, 5.74) is 0. The van der Waals surface area contributed by atoms with Gasteiger partial charge in [0.2, 0.25) is 0 Å². The normalized spacial score (nSPS) is 29.3. The van der Waals surface area contributed by atoms with Crippen LogP contribution in [-0.2, 0) is 15.6 Å². The number of rotatable bonds is 4. The van der Waals surface area contributed by atoms with Gasteiger partial charge in [0.05, 0.1) is 0 Å². The molecule has 1 saturated carbocycles. The lowest BCUT2D eigenvalue weighted by atomic mass is 10.1. The molecule has 0 aromatic rings. The summed E-state index contributed by atoms with van der Waals surface area (Å²) in [4.78, 5) is 22.6. The molecule has 0 bridgehead atoms. The highest BCUT2D eigenvalue weighted by Gasteiger charge is 2.37. The molecule has 3 N–H and O–H groups in total. The second-order valence-electron chi connectivity index (χ2n) is 4.89. The van der Waals surface area contributed by atoms with Crippen LogP contribution in [0.25, 0.3) is 0 Å². The Balaban J connectivity index is 1.77. The van der Waals surface area contributed by atoms with Crippen molar-refractivity contribution in [3.8, 4) is 0 Å². The minimum atomic E-state index is -0.975. The van der Waals surface area contributed by atoms with Crippen LogP contribution in [0, 0.1) is 5.92 Å². The van der Waals surface area contributed by atoms with Crippen molar-refractivity contribution in [2.24, 2.45) is 5.92 Å². The third-order valence-electron chi connectivity index (χ3n) is 3.37.